The molecule has 2 rings (SSSR count). The van der Waals surface area contributed by atoms with Crippen LogP contribution in [0.5, 0.6) is 0 Å². The van der Waals surface area contributed by atoms with Crippen molar-refractivity contribution >= 4 is 15.9 Å². The van der Waals surface area contributed by atoms with E-state index in [1.165, 1.54) is 12.1 Å². The number of hydrogen-bond donors (Lipinski definition) is 1. The molecule has 0 aliphatic carbocycles. The van der Waals surface area contributed by atoms with Crippen molar-refractivity contribution in [1.29, 1.82) is 0 Å². The summed E-state index contributed by atoms with van der Waals surface area (Å²) >= 11 is 3.17. The van der Waals surface area contributed by atoms with Gasteiger partial charge < -0.3 is 4.98 Å². The minimum absolute atomic E-state index is 0.00914. The minimum Gasteiger partial charge on any atom is -0.306 e. The summed E-state index contributed by atoms with van der Waals surface area (Å²) < 4.78 is 37.9. The van der Waals surface area contributed by atoms with Gasteiger partial charge in [0, 0.05) is 5.56 Å². The first-order chi connectivity index (χ1) is 9.70. The molecule has 1 heterocycles. The number of H-pyrrole nitrogens is 1. The van der Waals surface area contributed by atoms with Crippen LogP contribution in [0.1, 0.15) is 31.0 Å². The van der Waals surface area contributed by atoms with Gasteiger partial charge in [-0.05, 0) is 34.0 Å². The Bertz CT molecular complexity index is 706. The van der Waals surface area contributed by atoms with E-state index in [9.17, 15) is 18.0 Å². The number of nitrogens with zero attached hydrogens (tertiary/aromatic N) is 1. The van der Waals surface area contributed by atoms with Gasteiger partial charge in [0.1, 0.15) is 10.3 Å². The topological polar surface area (TPSA) is 45.8 Å². The van der Waals surface area contributed by atoms with Crippen LogP contribution >= 0.6 is 15.9 Å². The Morgan fingerprint density at radius 3 is 2.24 bits per heavy atom. The fourth-order valence-electron chi connectivity index (χ4n) is 1.81. The molecule has 21 heavy (non-hydrogen) atoms. The molecule has 0 aliphatic heterocycles. The Balaban J connectivity index is 2.50. The second-order valence-corrected chi connectivity index (χ2v) is 5.64. The first kappa shape index (κ1) is 15.8. The molecule has 0 fully saturated rings. The molecule has 0 saturated heterocycles. The Hall–Kier alpha value is -1.63. The van der Waals surface area contributed by atoms with Crippen molar-refractivity contribution in [2.45, 2.75) is 25.9 Å². The van der Waals surface area contributed by atoms with Crippen LogP contribution in [0.15, 0.2) is 33.5 Å². The Kier molecular flexibility index (Phi) is 4.22. The molecule has 0 unspecified atom stereocenters. The maximum Gasteiger partial charge on any atom is 0.416 e. The number of hydrogen-bond acceptors (Lipinski definition) is 2. The van der Waals surface area contributed by atoms with Crippen molar-refractivity contribution in [3.63, 3.8) is 0 Å². The zero-order chi connectivity index (χ0) is 15.8. The molecule has 0 bridgehead atoms. The van der Waals surface area contributed by atoms with Crippen LogP contribution < -0.4 is 5.56 Å². The monoisotopic (exact) mass is 360 g/mol. The molecular formula is C14H12BrF3N2O. The van der Waals surface area contributed by atoms with Crippen LogP contribution in [0.4, 0.5) is 13.2 Å². The van der Waals surface area contributed by atoms with Gasteiger partial charge >= 0.3 is 6.18 Å². The largest absolute Gasteiger partial charge is 0.416 e. The maximum absolute atomic E-state index is 12.5. The highest BCUT2D eigenvalue weighted by Crippen LogP contribution is 2.30. The predicted molar refractivity (Wildman–Crippen MR) is 77.1 cm³/mol. The van der Waals surface area contributed by atoms with Crippen molar-refractivity contribution in [2.24, 2.45) is 0 Å². The summed E-state index contributed by atoms with van der Waals surface area (Å²) in [5.41, 5.74) is -0.110. The zero-order valence-corrected chi connectivity index (χ0v) is 12.8. The average Bonchev–Trinajstić information content (AvgIpc) is 2.40. The minimum atomic E-state index is -4.39. The number of alkyl halides is 3. The summed E-state index contributed by atoms with van der Waals surface area (Å²) in [4.78, 5) is 18.7. The standard InChI is InChI=1S/C14H12BrF3N2O/c1-7(2)11-10(15)13(21)20-12(19-11)8-3-5-9(6-4-8)14(16,17)18/h3-7H,1-2H3,(H,19,20,21). The van der Waals surface area contributed by atoms with E-state index in [-0.39, 0.29) is 17.3 Å². The molecule has 1 aromatic heterocycles. The van der Waals surface area contributed by atoms with E-state index < -0.39 is 11.7 Å². The highest BCUT2D eigenvalue weighted by Gasteiger charge is 2.30. The highest BCUT2D eigenvalue weighted by atomic mass is 79.9. The molecule has 0 aliphatic rings. The van der Waals surface area contributed by atoms with Gasteiger partial charge in [0.25, 0.3) is 5.56 Å². The SMILES string of the molecule is CC(C)c1nc(-c2ccc(C(F)(F)F)cc2)[nH]c(=O)c1Br. The summed E-state index contributed by atoms with van der Waals surface area (Å²) in [6.45, 7) is 3.76. The lowest BCUT2D eigenvalue weighted by atomic mass is 10.1. The molecule has 7 heteroatoms. The third kappa shape index (κ3) is 3.34. The number of aromatic nitrogens is 2. The first-order valence-corrected chi connectivity index (χ1v) is 6.97. The van der Waals surface area contributed by atoms with Gasteiger partial charge in [-0.25, -0.2) is 4.98 Å². The predicted octanol–water partition coefficient (Wildman–Crippen LogP) is 4.34. The third-order valence-electron chi connectivity index (χ3n) is 2.92. The van der Waals surface area contributed by atoms with E-state index >= 15 is 0 Å². The van der Waals surface area contributed by atoms with E-state index in [1.807, 2.05) is 13.8 Å². The Labute approximate surface area is 127 Å². The lowest BCUT2D eigenvalue weighted by Crippen LogP contribution is -2.14. The summed E-state index contributed by atoms with van der Waals surface area (Å²) in [6.07, 6.45) is -4.39. The lowest BCUT2D eigenvalue weighted by molar-refractivity contribution is -0.137. The van der Waals surface area contributed by atoms with Gasteiger partial charge in [-0.2, -0.15) is 13.2 Å². The second-order valence-electron chi connectivity index (χ2n) is 4.84. The lowest BCUT2D eigenvalue weighted by Gasteiger charge is -2.10. The smallest absolute Gasteiger partial charge is 0.306 e. The fraction of sp³-hybridized carbons (Fsp3) is 0.286. The fourth-order valence-corrected chi connectivity index (χ4v) is 2.46. The first-order valence-electron chi connectivity index (χ1n) is 6.17. The van der Waals surface area contributed by atoms with E-state index in [0.29, 0.717) is 15.7 Å². The van der Waals surface area contributed by atoms with Crippen LogP contribution in [0.2, 0.25) is 0 Å². The molecular weight excluding hydrogens is 349 g/mol. The molecule has 0 amide bonds. The molecule has 1 aromatic carbocycles. The molecule has 0 spiro atoms. The normalized spacial score (nSPS) is 12.0. The van der Waals surface area contributed by atoms with Gasteiger partial charge in [-0.15, -0.1) is 0 Å². The second kappa shape index (κ2) is 5.63. The van der Waals surface area contributed by atoms with Crippen LogP contribution in [-0.2, 0) is 6.18 Å². The van der Waals surface area contributed by atoms with Gasteiger partial charge in [0.2, 0.25) is 0 Å². The number of rotatable bonds is 2. The molecule has 1 N–H and O–H groups in total. The molecule has 112 valence electrons. The molecule has 2 aromatic rings. The molecule has 0 saturated carbocycles. The summed E-state index contributed by atoms with van der Waals surface area (Å²) in [5, 5.41) is 0. The average molecular weight is 361 g/mol. The van der Waals surface area contributed by atoms with Crippen molar-refractivity contribution < 1.29 is 13.2 Å². The third-order valence-corrected chi connectivity index (χ3v) is 3.69. The van der Waals surface area contributed by atoms with Gasteiger partial charge in [0.15, 0.2) is 0 Å². The van der Waals surface area contributed by atoms with Crippen LogP contribution in [-0.4, -0.2) is 9.97 Å². The van der Waals surface area contributed by atoms with Crippen LogP contribution in [0, 0.1) is 0 Å². The van der Waals surface area contributed by atoms with Gasteiger partial charge in [0.05, 0.1) is 11.3 Å². The van der Waals surface area contributed by atoms with Crippen LogP contribution in [0.3, 0.4) is 0 Å². The highest BCUT2D eigenvalue weighted by molar-refractivity contribution is 9.10. The van der Waals surface area contributed by atoms with Gasteiger partial charge in [-0.3, -0.25) is 4.79 Å². The van der Waals surface area contributed by atoms with Crippen molar-refractivity contribution in [2.75, 3.05) is 0 Å². The van der Waals surface area contributed by atoms with E-state index in [2.05, 4.69) is 25.9 Å². The number of nitrogens with one attached hydrogen (secondary N) is 1. The molecule has 0 radical (unpaired) electrons. The maximum atomic E-state index is 12.5. The van der Waals surface area contributed by atoms with Crippen molar-refractivity contribution in [1.82, 2.24) is 9.97 Å². The molecule has 3 nitrogen and oxygen atoms in total. The zero-order valence-electron chi connectivity index (χ0n) is 11.3. The number of benzene rings is 1. The van der Waals surface area contributed by atoms with E-state index in [0.717, 1.165) is 12.1 Å². The van der Waals surface area contributed by atoms with Crippen molar-refractivity contribution in [3.05, 3.63) is 50.3 Å². The van der Waals surface area contributed by atoms with Gasteiger partial charge in [-0.1, -0.05) is 26.0 Å². The summed E-state index contributed by atoms with van der Waals surface area (Å²) in [6, 6.07) is 4.51. The molecule has 0 atom stereocenters. The quantitative estimate of drug-likeness (QED) is 0.865. The van der Waals surface area contributed by atoms with Crippen molar-refractivity contribution in [3.8, 4) is 11.4 Å². The summed E-state index contributed by atoms with van der Waals surface area (Å²) in [7, 11) is 0. The Morgan fingerprint density at radius 2 is 1.76 bits per heavy atom. The van der Waals surface area contributed by atoms with E-state index in [4.69, 9.17) is 0 Å². The number of aromatic amines is 1. The Morgan fingerprint density at radius 1 is 1.19 bits per heavy atom. The van der Waals surface area contributed by atoms with E-state index in [1.54, 1.807) is 0 Å². The van der Waals surface area contributed by atoms with Crippen LogP contribution in [0.25, 0.3) is 11.4 Å². The number of halogens is 4. The summed E-state index contributed by atoms with van der Waals surface area (Å²) in [5.74, 6) is 0.260.